The minimum atomic E-state index is -0.697. The van der Waals surface area contributed by atoms with Crippen molar-refractivity contribution in [3.8, 4) is 0 Å². The number of halogens is 1. The number of hydrogen-bond donors (Lipinski definition) is 1. The fraction of sp³-hybridized carbons (Fsp3) is 0.750. The zero-order valence-corrected chi connectivity index (χ0v) is 10.5. The van der Waals surface area contributed by atoms with Crippen molar-refractivity contribution in [1.29, 1.82) is 0 Å². The molecule has 16 heavy (non-hydrogen) atoms. The average molecular weight is 230 g/mol. The molecule has 1 saturated heterocycles. The minimum Gasteiger partial charge on any atom is -0.356 e. The summed E-state index contributed by atoms with van der Waals surface area (Å²) in [4.78, 5) is 12.8. The highest BCUT2D eigenvalue weighted by atomic mass is 19.1. The summed E-state index contributed by atoms with van der Waals surface area (Å²) in [6.45, 7) is 6.09. The van der Waals surface area contributed by atoms with Crippen LogP contribution in [0.25, 0.3) is 0 Å². The molecule has 0 aromatic rings. The molecule has 0 radical (unpaired) electrons. The first-order chi connectivity index (χ1) is 7.72. The number of nitrogens with one attached hydrogen (secondary N) is 1. The number of likely N-dealkylation sites (tertiary alicyclic amines) is 1. The summed E-state index contributed by atoms with van der Waals surface area (Å²) in [5, 5.41) is 2.49. The first kappa shape index (κ1) is 15.1. The molecule has 1 atom stereocenters. The van der Waals surface area contributed by atoms with Crippen LogP contribution >= 0.6 is 0 Å². The normalized spacial score (nSPS) is 21.4. The van der Waals surface area contributed by atoms with E-state index in [1.165, 1.54) is 6.08 Å². The fourth-order valence-electron chi connectivity index (χ4n) is 1.56. The largest absolute Gasteiger partial charge is 0.356 e. The number of carbonyl (C=O) groups is 1. The number of amides is 1. The van der Waals surface area contributed by atoms with Crippen LogP contribution < -0.4 is 5.32 Å². The van der Waals surface area contributed by atoms with Gasteiger partial charge in [0.15, 0.2) is 0 Å². The number of nitrogens with zero attached hydrogens (tertiary/aromatic N) is 1. The van der Waals surface area contributed by atoms with Crippen LogP contribution in [-0.4, -0.2) is 43.7 Å². The minimum absolute atomic E-state index is 0.112. The van der Waals surface area contributed by atoms with Gasteiger partial charge >= 0.3 is 0 Å². The van der Waals surface area contributed by atoms with Gasteiger partial charge in [-0.3, -0.25) is 9.69 Å². The predicted octanol–water partition coefficient (Wildman–Crippen LogP) is 1.75. The van der Waals surface area contributed by atoms with Crippen molar-refractivity contribution in [1.82, 2.24) is 10.2 Å². The zero-order valence-electron chi connectivity index (χ0n) is 10.5. The van der Waals surface area contributed by atoms with Crippen LogP contribution in [0.15, 0.2) is 12.2 Å². The van der Waals surface area contributed by atoms with Crippen LogP contribution in [0.3, 0.4) is 0 Å². The molecule has 1 fully saturated rings. The van der Waals surface area contributed by atoms with Gasteiger partial charge in [0.2, 0.25) is 5.91 Å². The van der Waals surface area contributed by atoms with Gasteiger partial charge in [-0.05, 0) is 19.4 Å². The molecule has 0 aromatic carbocycles. The summed E-state index contributed by atoms with van der Waals surface area (Å²) in [7, 11) is 1.59. The lowest BCUT2D eigenvalue weighted by atomic mass is 10.1. The number of carbonyl (C=O) groups excluding carboxylic acids is 1. The van der Waals surface area contributed by atoms with Crippen molar-refractivity contribution in [2.24, 2.45) is 0 Å². The highest BCUT2D eigenvalue weighted by Crippen LogP contribution is 2.12. The van der Waals surface area contributed by atoms with E-state index in [1.807, 2.05) is 18.7 Å². The lowest BCUT2D eigenvalue weighted by molar-refractivity contribution is -0.116. The van der Waals surface area contributed by atoms with Gasteiger partial charge in [-0.1, -0.05) is 19.9 Å². The van der Waals surface area contributed by atoms with E-state index in [4.69, 9.17) is 0 Å². The van der Waals surface area contributed by atoms with E-state index < -0.39 is 6.17 Å². The SMILES string of the molecule is CC.CNC(=O)/C=C/CN1CCCC(F)C1. The van der Waals surface area contributed by atoms with Gasteiger partial charge in [-0.15, -0.1) is 0 Å². The first-order valence-corrected chi connectivity index (χ1v) is 5.97. The Hall–Kier alpha value is -0.900. The van der Waals surface area contributed by atoms with Gasteiger partial charge in [0.05, 0.1) is 0 Å². The lowest BCUT2D eigenvalue weighted by Gasteiger charge is -2.27. The summed E-state index contributed by atoms with van der Waals surface area (Å²) in [6.07, 6.45) is 4.15. The maximum absolute atomic E-state index is 12.9. The fourth-order valence-corrected chi connectivity index (χ4v) is 1.56. The van der Waals surface area contributed by atoms with E-state index in [0.29, 0.717) is 19.5 Å². The Morgan fingerprint density at radius 1 is 1.56 bits per heavy atom. The van der Waals surface area contributed by atoms with Crippen LogP contribution in [0.1, 0.15) is 26.7 Å². The van der Waals surface area contributed by atoms with E-state index in [2.05, 4.69) is 5.32 Å². The molecule has 94 valence electrons. The number of rotatable bonds is 3. The third kappa shape index (κ3) is 6.56. The van der Waals surface area contributed by atoms with Gasteiger partial charge in [-0.25, -0.2) is 4.39 Å². The highest BCUT2D eigenvalue weighted by molar-refractivity contribution is 5.87. The Morgan fingerprint density at radius 2 is 2.25 bits per heavy atom. The Morgan fingerprint density at radius 3 is 2.81 bits per heavy atom. The van der Waals surface area contributed by atoms with E-state index >= 15 is 0 Å². The van der Waals surface area contributed by atoms with Crippen molar-refractivity contribution in [2.75, 3.05) is 26.7 Å². The van der Waals surface area contributed by atoms with Gasteiger partial charge in [-0.2, -0.15) is 0 Å². The topological polar surface area (TPSA) is 32.3 Å². The summed E-state index contributed by atoms with van der Waals surface area (Å²) in [6, 6.07) is 0. The van der Waals surface area contributed by atoms with Crippen molar-refractivity contribution in [3.05, 3.63) is 12.2 Å². The molecule has 1 aliphatic rings. The predicted molar refractivity (Wildman–Crippen MR) is 65.1 cm³/mol. The van der Waals surface area contributed by atoms with E-state index in [1.54, 1.807) is 13.1 Å². The van der Waals surface area contributed by atoms with Crippen LogP contribution in [0.4, 0.5) is 4.39 Å². The van der Waals surface area contributed by atoms with Crippen LogP contribution in [0.5, 0.6) is 0 Å². The quantitative estimate of drug-likeness (QED) is 0.749. The molecule has 1 N–H and O–H groups in total. The molecule has 3 nitrogen and oxygen atoms in total. The molecule has 0 aliphatic carbocycles. The number of likely N-dealkylation sites (N-methyl/N-ethyl adjacent to an activating group) is 1. The molecule has 0 aromatic heterocycles. The Bertz CT molecular complexity index is 219. The summed E-state index contributed by atoms with van der Waals surface area (Å²) < 4.78 is 12.9. The molecule has 0 bridgehead atoms. The second kappa shape index (κ2) is 9.33. The van der Waals surface area contributed by atoms with Gasteiger partial charge in [0.1, 0.15) is 6.17 Å². The van der Waals surface area contributed by atoms with Crippen LogP contribution in [-0.2, 0) is 4.79 Å². The monoisotopic (exact) mass is 230 g/mol. The van der Waals surface area contributed by atoms with E-state index in [-0.39, 0.29) is 5.91 Å². The van der Waals surface area contributed by atoms with Crippen LogP contribution in [0.2, 0.25) is 0 Å². The maximum atomic E-state index is 12.9. The summed E-state index contributed by atoms with van der Waals surface area (Å²) >= 11 is 0. The molecule has 4 heteroatoms. The molecule has 0 saturated carbocycles. The Balaban J connectivity index is 0.00000106. The number of alkyl halides is 1. The average Bonchev–Trinajstić information content (AvgIpc) is 2.31. The van der Waals surface area contributed by atoms with Gasteiger partial charge < -0.3 is 5.32 Å². The summed E-state index contributed by atoms with van der Waals surface area (Å²) in [5.74, 6) is -0.112. The number of piperidine rings is 1. The molecule has 0 spiro atoms. The van der Waals surface area contributed by atoms with E-state index in [9.17, 15) is 9.18 Å². The lowest BCUT2D eigenvalue weighted by Crippen LogP contribution is -2.36. The summed E-state index contributed by atoms with van der Waals surface area (Å²) in [5.41, 5.74) is 0. The molecule has 1 amide bonds. The smallest absolute Gasteiger partial charge is 0.243 e. The molecule has 1 heterocycles. The van der Waals surface area contributed by atoms with Crippen molar-refractivity contribution < 1.29 is 9.18 Å². The zero-order chi connectivity index (χ0) is 12.4. The van der Waals surface area contributed by atoms with Crippen LogP contribution in [0, 0.1) is 0 Å². The third-order valence-electron chi connectivity index (χ3n) is 2.33. The highest BCUT2D eigenvalue weighted by Gasteiger charge is 2.17. The number of hydrogen-bond acceptors (Lipinski definition) is 2. The Labute approximate surface area is 97.7 Å². The maximum Gasteiger partial charge on any atom is 0.243 e. The third-order valence-corrected chi connectivity index (χ3v) is 2.33. The van der Waals surface area contributed by atoms with Crippen molar-refractivity contribution in [2.45, 2.75) is 32.9 Å². The molecule has 1 rings (SSSR count). The molecular formula is C12H23FN2O. The molecule has 1 unspecified atom stereocenters. The standard InChI is InChI=1S/C10H17FN2O.C2H6/c1-12-10(14)5-3-7-13-6-2-4-9(11)8-13;1-2/h3,5,9H,2,4,6-8H2,1H3,(H,12,14);1-2H3/b5-3+;. The van der Waals surface area contributed by atoms with Gasteiger partial charge in [0.25, 0.3) is 0 Å². The first-order valence-electron chi connectivity index (χ1n) is 5.97. The Kier molecular flexibility index (Phi) is 8.81. The molecular weight excluding hydrogens is 207 g/mol. The van der Waals surface area contributed by atoms with Gasteiger partial charge in [0, 0.05) is 26.2 Å². The second-order valence-electron chi connectivity index (χ2n) is 3.52. The van der Waals surface area contributed by atoms with Crippen molar-refractivity contribution >= 4 is 5.91 Å². The van der Waals surface area contributed by atoms with E-state index in [0.717, 1.165) is 13.0 Å². The molecule has 1 aliphatic heterocycles. The van der Waals surface area contributed by atoms with Crippen molar-refractivity contribution in [3.63, 3.8) is 0 Å². The second-order valence-corrected chi connectivity index (χ2v) is 3.52.